The Hall–Kier alpha value is -8.98. The highest BCUT2D eigenvalue weighted by molar-refractivity contribution is 6.19. The number of benzene rings is 12. The number of hydrogen-bond acceptors (Lipinski definition) is 1. The van der Waals surface area contributed by atoms with Gasteiger partial charge in [-0.15, -0.1) is 0 Å². The molecule has 0 bridgehead atoms. The summed E-state index contributed by atoms with van der Waals surface area (Å²) >= 11 is 0. The predicted molar refractivity (Wildman–Crippen MR) is 290 cm³/mol. The van der Waals surface area contributed by atoms with Crippen molar-refractivity contribution in [3.05, 3.63) is 267 Å². The van der Waals surface area contributed by atoms with Gasteiger partial charge >= 0.3 is 0 Å². The van der Waals surface area contributed by atoms with Crippen LogP contribution >= 0.6 is 0 Å². The molecule has 0 spiro atoms. The summed E-state index contributed by atoms with van der Waals surface area (Å²) in [4.78, 5) is 2.38. The van der Waals surface area contributed by atoms with Crippen LogP contribution in [0.15, 0.2) is 267 Å². The zero-order valence-corrected chi connectivity index (χ0v) is 37.3. The van der Waals surface area contributed by atoms with Crippen molar-refractivity contribution in [3.8, 4) is 50.2 Å². The van der Waals surface area contributed by atoms with Crippen molar-refractivity contribution in [3.63, 3.8) is 0 Å². The molecule has 2 nitrogen and oxygen atoms in total. The van der Waals surface area contributed by atoms with E-state index in [2.05, 4.69) is 276 Å². The van der Waals surface area contributed by atoms with Crippen molar-refractivity contribution in [2.45, 2.75) is 0 Å². The fraction of sp³-hybridized carbons (Fsp3) is 0. The molecule has 0 N–H and O–H groups in total. The van der Waals surface area contributed by atoms with Crippen LogP contribution in [0.1, 0.15) is 0 Å². The molecular weight excluding hydrogens is 821 g/mol. The summed E-state index contributed by atoms with van der Waals surface area (Å²) in [5.41, 5.74) is 16.4. The minimum Gasteiger partial charge on any atom is -0.311 e. The van der Waals surface area contributed by atoms with E-state index in [-0.39, 0.29) is 0 Å². The Morgan fingerprint density at radius 2 is 0.721 bits per heavy atom. The number of fused-ring (bicyclic) bond motifs is 8. The molecule has 68 heavy (non-hydrogen) atoms. The molecule has 0 unspecified atom stereocenters. The molecule has 0 saturated carbocycles. The molecule has 0 fully saturated rings. The number of nitrogens with zero attached hydrogens (tertiary/aromatic N) is 2. The highest BCUT2D eigenvalue weighted by Gasteiger charge is 2.18. The van der Waals surface area contributed by atoms with Gasteiger partial charge in [-0.05, 0) is 132 Å². The van der Waals surface area contributed by atoms with Crippen molar-refractivity contribution < 1.29 is 0 Å². The summed E-state index contributed by atoms with van der Waals surface area (Å²) < 4.78 is 2.44. The second-order valence-corrected chi connectivity index (χ2v) is 17.7. The Kier molecular flexibility index (Phi) is 9.54. The zero-order valence-electron chi connectivity index (χ0n) is 37.3. The molecule has 0 amide bonds. The highest BCUT2D eigenvalue weighted by Crippen LogP contribution is 2.42. The van der Waals surface area contributed by atoms with Crippen LogP contribution in [0, 0.1) is 0 Å². The van der Waals surface area contributed by atoms with Crippen LogP contribution < -0.4 is 4.90 Å². The lowest BCUT2D eigenvalue weighted by molar-refractivity contribution is 1.19. The lowest BCUT2D eigenvalue weighted by atomic mass is 9.93. The topological polar surface area (TPSA) is 8.17 Å². The maximum atomic E-state index is 2.44. The Labute approximate surface area is 395 Å². The van der Waals surface area contributed by atoms with Gasteiger partial charge in [0.2, 0.25) is 0 Å². The summed E-state index contributed by atoms with van der Waals surface area (Å²) in [5.74, 6) is 0. The standard InChI is InChI=1S/C66H44N2/c1-3-15-46(16-4-1)56-21-11-12-22-57(56)48-29-37-54(38-30-48)67(55-39-31-49(32-40-55)64-43-51-18-8-9-23-58(51)60-25-13-14-26-61(60)64)53-35-27-45(28-36-53)50-34-41-62-63-42-33-47-17-7-10-24-59(47)66(63)68(65(62)44-50)52-19-5-2-6-20-52/h1-44H. The Bertz CT molecular complexity index is 3980. The van der Waals surface area contributed by atoms with Crippen molar-refractivity contribution in [1.82, 2.24) is 4.57 Å². The molecular formula is C66H44N2. The van der Waals surface area contributed by atoms with E-state index in [9.17, 15) is 0 Å². The van der Waals surface area contributed by atoms with E-state index >= 15 is 0 Å². The molecule has 0 aliphatic heterocycles. The zero-order chi connectivity index (χ0) is 45.0. The van der Waals surface area contributed by atoms with E-state index in [4.69, 9.17) is 0 Å². The lowest BCUT2D eigenvalue weighted by Gasteiger charge is -2.26. The van der Waals surface area contributed by atoms with Crippen LogP contribution in [-0.4, -0.2) is 4.57 Å². The molecule has 1 heterocycles. The van der Waals surface area contributed by atoms with E-state index in [1.54, 1.807) is 0 Å². The Balaban J connectivity index is 0.918. The van der Waals surface area contributed by atoms with Crippen LogP contribution in [0.4, 0.5) is 17.1 Å². The summed E-state index contributed by atoms with van der Waals surface area (Å²) in [5, 5.41) is 10.1. The van der Waals surface area contributed by atoms with Gasteiger partial charge in [-0.2, -0.15) is 0 Å². The molecule has 318 valence electrons. The largest absolute Gasteiger partial charge is 0.311 e. The summed E-state index contributed by atoms with van der Waals surface area (Å²) in [6.45, 7) is 0. The first-order valence-electron chi connectivity index (χ1n) is 23.4. The summed E-state index contributed by atoms with van der Waals surface area (Å²) in [7, 11) is 0. The first kappa shape index (κ1) is 39.4. The minimum atomic E-state index is 1.08. The van der Waals surface area contributed by atoms with Crippen molar-refractivity contribution >= 4 is 71.2 Å². The molecule has 2 heteroatoms. The molecule has 0 atom stereocenters. The van der Waals surface area contributed by atoms with E-state index in [0.29, 0.717) is 0 Å². The van der Waals surface area contributed by atoms with Crippen LogP contribution in [-0.2, 0) is 0 Å². The second kappa shape index (κ2) is 16.5. The number of para-hydroxylation sites is 1. The molecule has 13 rings (SSSR count). The van der Waals surface area contributed by atoms with E-state index < -0.39 is 0 Å². The maximum Gasteiger partial charge on any atom is 0.0619 e. The molecule has 0 aliphatic carbocycles. The minimum absolute atomic E-state index is 1.08. The quantitative estimate of drug-likeness (QED) is 0.138. The molecule has 12 aromatic carbocycles. The van der Waals surface area contributed by atoms with Gasteiger partial charge in [-0.1, -0.05) is 206 Å². The number of rotatable bonds is 8. The third-order valence-corrected chi connectivity index (χ3v) is 13.8. The van der Waals surface area contributed by atoms with Gasteiger partial charge in [0.15, 0.2) is 0 Å². The first-order chi connectivity index (χ1) is 33.7. The monoisotopic (exact) mass is 864 g/mol. The first-order valence-corrected chi connectivity index (χ1v) is 23.4. The third kappa shape index (κ3) is 6.73. The Morgan fingerprint density at radius 1 is 0.250 bits per heavy atom. The van der Waals surface area contributed by atoms with Gasteiger partial charge in [0.05, 0.1) is 11.0 Å². The molecule has 13 aromatic rings. The van der Waals surface area contributed by atoms with Crippen molar-refractivity contribution in [1.29, 1.82) is 0 Å². The van der Waals surface area contributed by atoms with E-state index in [0.717, 1.165) is 28.3 Å². The lowest BCUT2D eigenvalue weighted by Crippen LogP contribution is -2.09. The van der Waals surface area contributed by atoms with Crippen molar-refractivity contribution in [2.75, 3.05) is 4.90 Å². The molecule has 0 radical (unpaired) electrons. The fourth-order valence-corrected chi connectivity index (χ4v) is 10.5. The average Bonchev–Trinajstić information content (AvgIpc) is 3.76. The summed E-state index contributed by atoms with van der Waals surface area (Å²) in [6, 6.07) is 97.4. The summed E-state index contributed by atoms with van der Waals surface area (Å²) in [6.07, 6.45) is 0. The molecule has 0 aliphatic rings. The number of hydrogen-bond donors (Lipinski definition) is 0. The van der Waals surface area contributed by atoms with Crippen LogP contribution in [0.2, 0.25) is 0 Å². The van der Waals surface area contributed by atoms with Crippen LogP contribution in [0.25, 0.3) is 104 Å². The van der Waals surface area contributed by atoms with Crippen LogP contribution in [0.5, 0.6) is 0 Å². The third-order valence-electron chi connectivity index (χ3n) is 13.8. The van der Waals surface area contributed by atoms with Gasteiger partial charge in [0, 0.05) is 38.9 Å². The molecule has 1 aromatic heterocycles. The predicted octanol–water partition coefficient (Wildman–Crippen LogP) is 18.4. The number of aromatic nitrogens is 1. The van der Waals surface area contributed by atoms with Crippen molar-refractivity contribution in [2.24, 2.45) is 0 Å². The van der Waals surface area contributed by atoms with Crippen LogP contribution in [0.3, 0.4) is 0 Å². The highest BCUT2D eigenvalue weighted by atomic mass is 15.1. The van der Waals surface area contributed by atoms with Gasteiger partial charge in [-0.3, -0.25) is 0 Å². The van der Waals surface area contributed by atoms with Gasteiger partial charge < -0.3 is 9.47 Å². The SMILES string of the molecule is c1ccc(-c2ccccc2-c2ccc(N(c3ccc(-c4ccc5c6ccc7ccccc7c6n(-c6ccccc6)c5c4)cc3)c3ccc(-c4cc5ccccc5c5ccccc45)cc3)cc2)cc1. The Morgan fingerprint density at radius 3 is 1.38 bits per heavy atom. The molecule has 0 saturated heterocycles. The smallest absolute Gasteiger partial charge is 0.0619 e. The number of anilines is 3. The van der Waals surface area contributed by atoms with E-state index in [1.807, 2.05) is 0 Å². The van der Waals surface area contributed by atoms with E-state index in [1.165, 1.54) is 93.1 Å². The van der Waals surface area contributed by atoms with Gasteiger partial charge in [0.25, 0.3) is 0 Å². The normalized spacial score (nSPS) is 11.5. The van der Waals surface area contributed by atoms with Gasteiger partial charge in [-0.25, -0.2) is 0 Å². The fourth-order valence-electron chi connectivity index (χ4n) is 10.5. The second-order valence-electron chi connectivity index (χ2n) is 17.7. The van der Waals surface area contributed by atoms with Gasteiger partial charge in [0.1, 0.15) is 0 Å². The maximum absolute atomic E-state index is 2.44. The average molecular weight is 865 g/mol.